The van der Waals surface area contributed by atoms with Gasteiger partial charge in [0.1, 0.15) is 11.6 Å². The van der Waals surface area contributed by atoms with Gasteiger partial charge in [-0.25, -0.2) is 0 Å². The number of ketones is 2. The summed E-state index contributed by atoms with van der Waals surface area (Å²) in [5, 5.41) is 0. The van der Waals surface area contributed by atoms with Crippen molar-refractivity contribution in [3.05, 3.63) is 0 Å². The molecule has 0 radical (unpaired) electrons. The Balaban J connectivity index is 4.07. The van der Waals surface area contributed by atoms with Gasteiger partial charge in [0.25, 0.3) is 0 Å². The number of hydrogen-bond acceptors (Lipinski definition) is 4. The molecule has 0 unspecified atom stereocenters. The summed E-state index contributed by atoms with van der Waals surface area (Å²) in [5.74, 6) is 1.29. The van der Waals surface area contributed by atoms with Crippen LogP contribution in [0.3, 0.4) is 0 Å². The van der Waals surface area contributed by atoms with Crippen LogP contribution in [0.1, 0.15) is 67.2 Å². The molecule has 0 aromatic rings. The normalized spacial score (nSPS) is 13.1. The molecule has 0 N–H and O–H groups in total. The first-order chi connectivity index (χ1) is 10.2. The van der Waals surface area contributed by atoms with Crippen molar-refractivity contribution in [1.29, 1.82) is 0 Å². The summed E-state index contributed by atoms with van der Waals surface area (Å²) in [5.41, 5.74) is 1.74. The molecule has 0 saturated carbocycles. The molecule has 0 fully saturated rings. The van der Waals surface area contributed by atoms with Gasteiger partial charge < -0.3 is 0 Å². The van der Waals surface area contributed by atoms with Crippen molar-refractivity contribution < 1.29 is 9.59 Å². The number of carbonyl (C=O) groups excluding carboxylic acids is 2. The Labute approximate surface area is 135 Å². The van der Waals surface area contributed by atoms with Crippen LogP contribution < -0.4 is 0 Å². The van der Waals surface area contributed by atoms with E-state index in [1.165, 1.54) is 0 Å². The molecule has 0 aliphatic rings. The quantitative estimate of drug-likeness (QED) is 0.429. The van der Waals surface area contributed by atoms with Gasteiger partial charge in [-0.2, -0.15) is 0 Å². The first-order valence-corrected chi connectivity index (χ1v) is 8.24. The highest BCUT2D eigenvalue weighted by molar-refractivity contribution is 6.01. The van der Waals surface area contributed by atoms with Gasteiger partial charge >= 0.3 is 0 Å². The SMILES string of the molecule is CC(CC(=O)CC(C)C)=NCCN=C(C)CC(=O)CC(C)C. The lowest BCUT2D eigenvalue weighted by Crippen LogP contribution is -2.09. The zero-order valence-corrected chi connectivity index (χ0v) is 15.1. The van der Waals surface area contributed by atoms with E-state index in [1.807, 2.05) is 41.5 Å². The number of carbonyl (C=O) groups is 2. The number of rotatable bonds is 11. The Morgan fingerprint density at radius 2 is 1.05 bits per heavy atom. The van der Waals surface area contributed by atoms with Crippen molar-refractivity contribution in [3.8, 4) is 0 Å². The number of Topliss-reactive ketones (excluding diaryl/α,β-unsaturated/α-hetero) is 2. The minimum Gasteiger partial charge on any atom is -0.299 e. The first-order valence-electron chi connectivity index (χ1n) is 8.24. The molecule has 22 heavy (non-hydrogen) atoms. The molecular weight excluding hydrogens is 276 g/mol. The average molecular weight is 308 g/mol. The lowest BCUT2D eigenvalue weighted by Gasteiger charge is -2.04. The summed E-state index contributed by atoms with van der Waals surface area (Å²) in [7, 11) is 0. The predicted molar refractivity (Wildman–Crippen MR) is 94.1 cm³/mol. The van der Waals surface area contributed by atoms with Crippen molar-refractivity contribution in [2.24, 2.45) is 21.8 Å². The van der Waals surface area contributed by atoms with Crippen LogP contribution in [0.25, 0.3) is 0 Å². The van der Waals surface area contributed by atoms with Crippen LogP contribution in [0.5, 0.6) is 0 Å². The summed E-state index contributed by atoms with van der Waals surface area (Å²) < 4.78 is 0. The highest BCUT2D eigenvalue weighted by Gasteiger charge is 2.07. The van der Waals surface area contributed by atoms with Crippen molar-refractivity contribution in [1.82, 2.24) is 0 Å². The second kappa shape index (κ2) is 11.3. The Morgan fingerprint density at radius 1 is 0.727 bits per heavy atom. The van der Waals surface area contributed by atoms with Gasteiger partial charge in [-0.1, -0.05) is 27.7 Å². The van der Waals surface area contributed by atoms with Gasteiger partial charge in [-0.05, 0) is 25.7 Å². The third-order valence-corrected chi connectivity index (χ3v) is 3.04. The lowest BCUT2D eigenvalue weighted by atomic mass is 10.0. The van der Waals surface area contributed by atoms with E-state index in [1.54, 1.807) is 0 Å². The van der Waals surface area contributed by atoms with E-state index >= 15 is 0 Å². The molecule has 0 aliphatic carbocycles. The molecule has 4 nitrogen and oxygen atoms in total. The summed E-state index contributed by atoms with van der Waals surface area (Å²) in [6.45, 7) is 13.1. The molecule has 0 aromatic heterocycles. The summed E-state index contributed by atoms with van der Waals surface area (Å²) in [6, 6.07) is 0. The molecule has 0 rings (SSSR count). The van der Waals surface area contributed by atoms with Gasteiger partial charge in [0.05, 0.1) is 13.1 Å². The maximum atomic E-state index is 11.7. The second-order valence-electron chi connectivity index (χ2n) is 6.86. The third-order valence-electron chi connectivity index (χ3n) is 3.04. The number of aliphatic imine (C=N–C) groups is 2. The zero-order valence-electron chi connectivity index (χ0n) is 15.1. The average Bonchev–Trinajstić information content (AvgIpc) is 2.32. The lowest BCUT2D eigenvalue weighted by molar-refractivity contribution is -0.119. The minimum atomic E-state index is 0.246. The molecule has 0 aromatic carbocycles. The van der Waals surface area contributed by atoms with Crippen molar-refractivity contribution >= 4 is 23.0 Å². The van der Waals surface area contributed by atoms with Gasteiger partial charge in [0.2, 0.25) is 0 Å². The van der Waals surface area contributed by atoms with E-state index in [0.717, 1.165) is 11.4 Å². The fourth-order valence-corrected chi connectivity index (χ4v) is 2.22. The number of hydrogen-bond donors (Lipinski definition) is 0. The number of nitrogens with zero attached hydrogens (tertiary/aromatic N) is 2. The molecular formula is C18H32N2O2. The summed E-state index contributed by atoms with van der Waals surface area (Å²) >= 11 is 0. The molecule has 0 amide bonds. The first kappa shape index (κ1) is 20.7. The maximum absolute atomic E-state index is 11.7. The zero-order chi connectivity index (χ0) is 17.1. The monoisotopic (exact) mass is 308 g/mol. The third kappa shape index (κ3) is 12.4. The molecule has 0 spiro atoms. The fraction of sp³-hybridized carbons (Fsp3) is 0.778. The topological polar surface area (TPSA) is 58.9 Å². The predicted octanol–water partition coefficient (Wildman–Crippen LogP) is 3.92. The van der Waals surface area contributed by atoms with E-state index in [2.05, 4.69) is 9.98 Å². The van der Waals surface area contributed by atoms with Crippen LogP contribution in [0.2, 0.25) is 0 Å². The van der Waals surface area contributed by atoms with E-state index in [0.29, 0.717) is 50.6 Å². The fourth-order valence-electron chi connectivity index (χ4n) is 2.22. The minimum absolute atomic E-state index is 0.246. The second-order valence-corrected chi connectivity index (χ2v) is 6.86. The highest BCUT2D eigenvalue weighted by Crippen LogP contribution is 2.04. The molecule has 0 aliphatic heterocycles. The van der Waals surface area contributed by atoms with Crippen LogP contribution in [-0.4, -0.2) is 36.1 Å². The van der Waals surface area contributed by atoms with Crippen molar-refractivity contribution in [3.63, 3.8) is 0 Å². The van der Waals surface area contributed by atoms with Gasteiger partial charge in [0, 0.05) is 37.1 Å². The van der Waals surface area contributed by atoms with Gasteiger partial charge in [0.15, 0.2) is 0 Å². The van der Waals surface area contributed by atoms with E-state index in [4.69, 9.17) is 0 Å². The summed E-state index contributed by atoms with van der Waals surface area (Å²) in [4.78, 5) is 32.1. The van der Waals surface area contributed by atoms with Gasteiger partial charge in [-0.15, -0.1) is 0 Å². The molecule has 0 atom stereocenters. The molecule has 4 heteroatoms. The van der Waals surface area contributed by atoms with E-state index in [9.17, 15) is 9.59 Å². The molecule has 0 bridgehead atoms. The standard InChI is InChI=1S/C18H32N2O2/c1-13(2)9-17(21)11-15(5)19-7-8-20-16(6)12-18(22)10-14(3)4/h13-14H,7-12H2,1-6H3. The maximum Gasteiger partial charge on any atom is 0.138 e. The van der Waals surface area contributed by atoms with Crippen LogP contribution in [0.15, 0.2) is 9.98 Å². The van der Waals surface area contributed by atoms with Gasteiger partial charge in [-0.3, -0.25) is 19.6 Å². The van der Waals surface area contributed by atoms with Crippen molar-refractivity contribution in [2.75, 3.05) is 13.1 Å². The molecule has 0 heterocycles. The Bertz CT molecular complexity index is 381. The molecule has 0 saturated heterocycles. The highest BCUT2D eigenvalue weighted by atomic mass is 16.1. The Morgan fingerprint density at radius 3 is 1.32 bits per heavy atom. The Hall–Kier alpha value is -1.32. The van der Waals surface area contributed by atoms with E-state index in [-0.39, 0.29) is 11.6 Å². The van der Waals surface area contributed by atoms with Crippen LogP contribution in [0, 0.1) is 11.8 Å². The Kier molecular flexibility index (Phi) is 10.6. The summed E-state index contributed by atoms with van der Waals surface area (Å²) in [6.07, 6.45) is 2.10. The van der Waals surface area contributed by atoms with E-state index < -0.39 is 0 Å². The van der Waals surface area contributed by atoms with Crippen LogP contribution >= 0.6 is 0 Å². The smallest absolute Gasteiger partial charge is 0.138 e. The van der Waals surface area contributed by atoms with Crippen LogP contribution in [-0.2, 0) is 9.59 Å². The largest absolute Gasteiger partial charge is 0.299 e. The van der Waals surface area contributed by atoms with Crippen molar-refractivity contribution in [2.45, 2.75) is 67.2 Å². The van der Waals surface area contributed by atoms with Crippen LogP contribution in [0.4, 0.5) is 0 Å². The molecule has 126 valence electrons.